The summed E-state index contributed by atoms with van der Waals surface area (Å²) in [6.45, 7) is 12.1. The predicted molar refractivity (Wildman–Crippen MR) is 79.0 cm³/mol. The second-order valence-electron chi connectivity index (χ2n) is 6.35. The fourth-order valence-electron chi connectivity index (χ4n) is 2.85. The van der Waals surface area contributed by atoms with Crippen LogP contribution in [0.3, 0.4) is 0 Å². The van der Waals surface area contributed by atoms with Crippen molar-refractivity contribution in [2.75, 3.05) is 6.54 Å². The van der Waals surface area contributed by atoms with E-state index < -0.39 is 0 Å². The standard InChI is InChI=1S/C16H28N2O/c1-12(2)17-10-15-6-8-19-16(15)11-18-7-5-13(3)9-14(18)4/h6,8,12-14,17H,5,7,9-11H2,1-4H3. The van der Waals surface area contributed by atoms with E-state index in [0.717, 1.165) is 24.8 Å². The molecule has 3 nitrogen and oxygen atoms in total. The number of nitrogens with zero attached hydrogens (tertiary/aromatic N) is 1. The Balaban J connectivity index is 1.93. The topological polar surface area (TPSA) is 28.4 Å². The third-order valence-corrected chi connectivity index (χ3v) is 4.16. The molecule has 2 atom stereocenters. The van der Waals surface area contributed by atoms with E-state index in [1.54, 1.807) is 0 Å². The maximum atomic E-state index is 5.69. The van der Waals surface area contributed by atoms with E-state index in [1.807, 2.05) is 6.26 Å². The van der Waals surface area contributed by atoms with Gasteiger partial charge in [0.15, 0.2) is 0 Å². The van der Waals surface area contributed by atoms with E-state index >= 15 is 0 Å². The van der Waals surface area contributed by atoms with Crippen molar-refractivity contribution in [3.05, 3.63) is 23.7 Å². The second-order valence-corrected chi connectivity index (χ2v) is 6.35. The van der Waals surface area contributed by atoms with Gasteiger partial charge in [-0.05, 0) is 38.3 Å². The van der Waals surface area contributed by atoms with Gasteiger partial charge in [0.2, 0.25) is 0 Å². The Bertz CT molecular complexity index is 386. The van der Waals surface area contributed by atoms with Crippen molar-refractivity contribution in [2.24, 2.45) is 5.92 Å². The number of rotatable bonds is 5. The first-order chi connectivity index (χ1) is 9.06. The summed E-state index contributed by atoms with van der Waals surface area (Å²) in [4.78, 5) is 2.55. The summed E-state index contributed by atoms with van der Waals surface area (Å²) in [5.41, 5.74) is 1.31. The molecule has 2 rings (SSSR count). The smallest absolute Gasteiger partial charge is 0.122 e. The molecule has 1 N–H and O–H groups in total. The zero-order chi connectivity index (χ0) is 13.8. The van der Waals surface area contributed by atoms with E-state index in [2.05, 4.69) is 44.0 Å². The molecule has 2 unspecified atom stereocenters. The highest BCUT2D eigenvalue weighted by Crippen LogP contribution is 2.25. The lowest BCUT2D eigenvalue weighted by Gasteiger charge is -2.36. The Morgan fingerprint density at radius 2 is 2.21 bits per heavy atom. The number of likely N-dealkylation sites (tertiary alicyclic amines) is 1. The Labute approximate surface area is 117 Å². The number of furan rings is 1. The van der Waals surface area contributed by atoms with E-state index in [1.165, 1.54) is 24.9 Å². The van der Waals surface area contributed by atoms with Crippen molar-refractivity contribution in [3.63, 3.8) is 0 Å². The first kappa shape index (κ1) is 14.6. The highest BCUT2D eigenvalue weighted by atomic mass is 16.3. The van der Waals surface area contributed by atoms with E-state index in [4.69, 9.17) is 4.42 Å². The minimum Gasteiger partial charge on any atom is -0.468 e. The molecule has 1 aliphatic rings. The van der Waals surface area contributed by atoms with Crippen LogP contribution >= 0.6 is 0 Å². The lowest BCUT2D eigenvalue weighted by atomic mass is 9.93. The van der Waals surface area contributed by atoms with Crippen LogP contribution in [0.5, 0.6) is 0 Å². The summed E-state index contributed by atoms with van der Waals surface area (Å²) in [6, 6.07) is 3.28. The zero-order valence-corrected chi connectivity index (χ0v) is 12.8. The third-order valence-electron chi connectivity index (χ3n) is 4.16. The second kappa shape index (κ2) is 6.58. The molecule has 0 bridgehead atoms. The van der Waals surface area contributed by atoms with Gasteiger partial charge < -0.3 is 9.73 Å². The largest absolute Gasteiger partial charge is 0.468 e. The van der Waals surface area contributed by atoms with Crippen molar-refractivity contribution in [2.45, 2.75) is 65.7 Å². The van der Waals surface area contributed by atoms with Crippen LogP contribution in [-0.4, -0.2) is 23.5 Å². The van der Waals surface area contributed by atoms with E-state index in [0.29, 0.717) is 12.1 Å². The molecule has 0 aromatic carbocycles. The van der Waals surface area contributed by atoms with Gasteiger partial charge in [0.1, 0.15) is 5.76 Å². The van der Waals surface area contributed by atoms with Gasteiger partial charge in [-0.25, -0.2) is 0 Å². The Morgan fingerprint density at radius 3 is 2.89 bits per heavy atom. The van der Waals surface area contributed by atoms with Crippen LogP contribution in [0.2, 0.25) is 0 Å². The maximum Gasteiger partial charge on any atom is 0.122 e. The Kier molecular flexibility index (Phi) is 5.06. The van der Waals surface area contributed by atoms with Gasteiger partial charge >= 0.3 is 0 Å². The minimum absolute atomic E-state index is 0.512. The number of piperidine rings is 1. The molecule has 108 valence electrons. The summed E-state index contributed by atoms with van der Waals surface area (Å²) in [7, 11) is 0. The Hall–Kier alpha value is -0.800. The van der Waals surface area contributed by atoms with Gasteiger partial charge in [0.05, 0.1) is 12.8 Å². The fourth-order valence-corrected chi connectivity index (χ4v) is 2.85. The average molecular weight is 264 g/mol. The van der Waals surface area contributed by atoms with Crippen LogP contribution in [0.15, 0.2) is 16.7 Å². The molecular formula is C16H28N2O. The number of hydrogen-bond acceptors (Lipinski definition) is 3. The highest BCUT2D eigenvalue weighted by molar-refractivity contribution is 5.17. The third kappa shape index (κ3) is 4.08. The SMILES string of the molecule is CC1CCN(Cc2occc2CNC(C)C)C(C)C1. The van der Waals surface area contributed by atoms with Crippen LogP contribution in [-0.2, 0) is 13.1 Å². The van der Waals surface area contributed by atoms with Gasteiger partial charge in [-0.1, -0.05) is 20.8 Å². The summed E-state index contributed by atoms with van der Waals surface area (Å²) in [6.07, 6.45) is 4.44. The molecule has 19 heavy (non-hydrogen) atoms. The van der Waals surface area contributed by atoms with E-state index in [-0.39, 0.29) is 0 Å². The van der Waals surface area contributed by atoms with Crippen LogP contribution in [0.4, 0.5) is 0 Å². The molecule has 1 aliphatic heterocycles. The molecule has 3 heteroatoms. The average Bonchev–Trinajstić information content (AvgIpc) is 2.77. The van der Waals surface area contributed by atoms with Gasteiger partial charge in [0.25, 0.3) is 0 Å². The first-order valence-electron chi connectivity index (χ1n) is 7.59. The maximum absolute atomic E-state index is 5.69. The van der Waals surface area contributed by atoms with Gasteiger partial charge in [0, 0.05) is 24.2 Å². The molecule has 1 fully saturated rings. The Morgan fingerprint density at radius 1 is 1.42 bits per heavy atom. The molecular weight excluding hydrogens is 236 g/mol. The first-order valence-corrected chi connectivity index (χ1v) is 7.59. The van der Waals surface area contributed by atoms with Crippen LogP contribution < -0.4 is 5.32 Å². The molecule has 0 radical (unpaired) electrons. The summed E-state index contributed by atoms with van der Waals surface area (Å²) in [5.74, 6) is 2.00. The molecule has 1 aromatic heterocycles. The number of nitrogens with one attached hydrogen (secondary N) is 1. The van der Waals surface area contributed by atoms with Gasteiger partial charge in [-0.3, -0.25) is 4.90 Å². The van der Waals surface area contributed by atoms with Crippen LogP contribution in [0, 0.1) is 5.92 Å². The normalized spacial score (nSPS) is 25.1. The quantitative estimate of drug-likeness (QED) is 0.883. The molecule has 0 amide bonds. The van der Waals surface area contributed by atoms with Crippen molar-refractivity contribution >= 4 is 0 Å². The van der Waals surface area contributed by atoms with Crippen molar-refractivity contribution < 1.29 is 4.42 Å². The molecule has 1 saturated heterocycles. The minimum atomic E-state index is 0.512. The van der Waals surface area contributed by atoms with Crippen molar-refractivity contribution in [3.8, 4) is 0 Å². The zero-order valence-electron chi connectivity index (χ0n) is 12.8. The molecule has 2 heterocycles. The van der Waals surface area contributed by atoms with Crippen molar-refractivity contribution in [1.82, 2.24) is 10.2 Å². The van der Waals surface area contributed by atoms with Crippen LogP contribution in [0.1, 0.15) is 51.9 Å². The van der Waals surface area contributed by atoms with Crippen LogP contribution in [0.25, 0.3) is 0 Å². The fraction of sp³-hybridized carbons (Fsp3) is 0.750. The molecule has 0 saturated carbocycles. The summed E-state index contributed by atoms with van der Waals surface area (Å²) in [5, 5.41) is 3.47. The van der Waals surface area contributed by atoms with Gasteiger partial charge in [-0.2, -0.15) is 0 Å². The monoisotopic (exact) mass is 264 g/mol. The van der Waals surface area contributed by atoms with Crippen molar-refractivity contribution in [1.29, 1.82) is 0 Å². The summed E-state index contributed by atoms with van der Waals surface area (Å²) >= 11 is 0. The predicted octanol–water partition coefficient (Wildman–Crippen LogP) is 3.40. The number of hydrogen-bond donors (Lipinski definition) is 1. The molecule has 0 spiro atoms. The summed E-state index contributed by atoms with van der Waals surface area (Å²) < 4.78 is 5.69. The lowest BCUT2D eigenvalue weighted by Crippen LogP contribution is -2.39. The van der Waals surface area contributed by atoms with E-state index in [9.17, 15) is 0 Å². The highest BCUT2D eigenvalue weighted by Gasteiger charge is 2.24. The molecule has 1 aromatic rings. The lowest BCUT2D eigenvalue weighted by molar-refractivity contribution is 0.113. The van der Waals surface area contributed by atoms with Gasteiger partial charge in [-0.15, -0.1) is 0 Å². The molecule has 0 aliphatic carbocycles.